The fourth-order valence-electron chi connectivity index (χ4n) is 4.42. The average Bonchev–Trinajstić information content (AvgIpc) is 3.57. The van der Waals surface area contributed by atoms with Crippen molar-refractivity contribution in [3.63, 3.8) is 0 Å². The monoisotopic (exact) mass is 509 g/mol. The maximum atomic E-state index is 12.2. The van der Waals surface area contributed by atoms with Crippen molar-refractivity contribution >= 4 is 22.9 Å². The van der Waals surface area contributed by atoms with Gasteiger partial charge in [0.1, 0.15) is 11.3 Å². The number of aryl methyl sites for hydroxylation is 2. The van der Waals surface area contributed by atoms with Crippen LogP contribution in [0, 0.1) is 6.92 Å². The van der Waals surface area contributed by atoms with Crippen LogP contribution in [-0.4, -0.2) is 60.2 Å². The number of hydrogen-bond acceptors (Lipinski definition) is 6. The van der Waals surface area contributed by atoms with Gasteiger partial charge in [0, 0.05) is 26.1 Å². The van der Waals surface area contributed by atoms with Crippen molar-refractivity contribution in [2.75, 3.05) is 19.4 Å². The van der Waals surface area contributed by atoms with Gasteiger partial charge in [-0.3, -0.25) is 0 Å². The van der Waals surface area contributed by atoms with E-state index in [1.54, 1.807) is 14.1 Å². The Bertz CT molecular complexity index is 1550. The molecule has 0 aliphatic rings. The number of fused-ring (bicyclic) bond motifs is 1. The molecule has 0 saturated heterocycles. The van der Waals surface area contributed by atoms with Gasteiger partial charge in [-0.15, -0.1) is 5.10 Å². The van der Waals surface area contributed by atoms with Crippen molar-refractivity contribution in [1.29, 1.82) is 0 Å². The minimum Gasteiger partial charge on any atom is -0.331 e. The number of carbonyl (C=O) groups excluding carboxylic acids is 1. The Hall–Kier alpha value is -4.60. The number of aromatic amines is 1. The van der Waals surface area contributed by atoms with E-state index in [1.807, 2.05) is 31.2 Å². The molecule has 10 heteroatoms. The first-order valence-corrected chi connectivity index (χ1v) is 12.7. The molecule has 0 fully saturated rings. The second kappa shape index (κ2) is 10.8. The lowest BCUT2D eigenvalue weighted by molar-refractivity contribution is 0.230. The Kier molecular flexibility index (Phi) is 7.12. The predicted molar refractivity (Wildman–Crippen MR) is 148 cm³/mol. The van der Waals surface area contributed by atoms with Gasteiger partial charge in [-0.1, -0.05) is 61.9 Å². The Labute approximate surface area is 221 Å². The quantitative estimate of drug-likeness (QED) is 0.302. The van der Waals surface area contributed by atoms with Crippen molar-refractivity contribution in [2.45, 2.75) is 39.7 Å². The molecular weight excluding hydrogens is 478 g/mol. The normalized spacial score (nSPS) is 11.2. The van der Waals surface area contributed by atoms with E-state index in [2.05, 4.69) is 67.8 Å². The molecule has 0 atom stereocenters. The van der Waals surface area contributed by atoms with E-state index in [4.69, 9.17) is 9.97 Å². The molecule has 5 rings (SSSR count). The average molecular weight is 510 g/mol. The van der Waals surface area contributed by atoms with Crippen LogP contribution in [0.25, 0.3) is 33.7 Å². The summed E-state index contributed by atoms with van der Waals surface area (Å²) in [5.41, 5.74) is 7.26. The first-order chi connectivity index (χ1) is 18.4. The lowest BCUT2D eigenvalue weighted by Crippen LogP contribution is -2.27. The SMILES string of the molecule is CCCCc1nc2cc(NC(=O)N(C)C)c(C)nc2n1Cc1ccc(-c2ccccc2-c2nnn[nH]2)cc1. The number of urea groups is 1. The number of benzene rings is 2. The summed E-state index contributed by atoms with van der Waals surface area (Å²) < 4.78 is 2.19. The van der Waals surface area contributed by atoms with E-state index in [0.717, 1.165) is 64.2 Å². The third-order valence-corrected chi connectivity index (χ3v) is 6.53. The number of anilines is 1. The largest absolute Gasteiger partial charge is 0.331 e. The van der Waals surface area contributed by atoms with Crippen molar-refractivity contribution in [2.24, 2.45) is 0 Å². The van der Waals surface area contributed by atoms with Crippen LogP contribution in [-0.2, 0) is 13.0 Å². The summed E-state index contributed by atoms with van der Waals surface area (Å²) in [4.78, 5) is 23.5. The highest BCUT2D eigenvalue weighted by Crippen LogP contribution is 2.30. The zero-order valence-electron chi connectivity index (χ0n) is 22.1. The Balaban J connectivity index is 1.47. The van der Waals surface area contributed by atoms with E-state index in [-0.39, 0.29) is 6.03 Å². The van der Waals surface area contributed by atoms with Gasteiger partial charge in [0.05, 0.1) is 17.9 Å². The van der Waals surface area contributed by atoms with Crippen molar-refractivity contribution in [3.05, 3.63) is 71.7 Å². The van der Waals surface area contributed by atoms with Crippen LogP contribution in [0.3, 0.4) is 0 Å². The van der Waals surface area contributed by atoms with Gasteiger partial charge in [-0.2, -0.15) is 0 Å². The van der Waals surface area contributed by atoms with Gasteiger partial charge < -0.3 is 14.8 Å². The summed E-state index contributed by atoms with van der Waals surface area (Å²) in [7, 11) is 3.42. The topological polar surface area (TPSA) is 118 Å². The molecule has 2 amide bonds. The van der Waals surface area contributed by atoms with Gasteiger partial charge in [0.15, 0.2) is 11.5 Å². The molecule has 10 nitrogen and oxygen atoms in total. The summed E-state index contributed by atoms with van der Waals surface area (Å²) in [5, 5.41) is 17.3. The zero-order valence-corrected chi connectivity index (χ0v) is 22.1. The Morgan fingerprint density at radius 3 is 2.50 bits per heavy atom. The third-order valence-electron chi connectivity index (χ3n) is 6.53. The minimum atomic E-state index is -0.193. The molecule has 0 bridgehead atoms. The molecule has 0 unspecified atom stereocenters. The molecule has 0 saturated carbocycles. The molecule has 0 aliphatic heterocycles. The number of imidazole rings is 1. The number of hydrogen-bond donors (Lipinski definition) is 2. The second-order valence-corrected chi connectivity index (χ2v) is 9.50. The summed E-state index contributed by atoms with van der Waals surface area (Å²) in [5.74, 6) is 1.63. The number of unbranched alkanes of at least 4 members (excludes halogenated alkanes) is 1. The van der Waals surface area contributed by atoms with E-state index in [0.29, 0.717) is 18.1 Å². The number of nitrogens with zero attached hydrogens (tertiary/aromatic N) is 7. The number of tetrazole rings is 1. The number of amides is 2. The number of H-pyrrole nitrogens is 1. The van der Waals surface area contributed by atoms with Crippen LogP contribution in [0.15, 0.2) is 54.6 Å². The van der Waals surface area contributed by atoms with Crippen LogP contribution in [0.4, 0.5) is 10.5 Å². The predicted octanol–water partition coefficient (Wildman–Crippen LogP) is 5.07. The molecule has 2 N–H and O–H groups in total. The Morgan fingerprint density at radius 1 is 1.05 bits per heavy atom. The smallest absolute Gasteiger partial charge is 0.321 e. The molecule has 3 heterocycles. The number of nitrogens with one attached hydrogen (secondary N) is 2. The van der Waals surface area contributed by atoms with Crippen LogP contribution in [0.2, 0.25) is 0 Å². The number of aromatic nitrogens is 7. The maximum absolute atomic E-state index is 12.2. The number of rotatable bonds is 8. The second-order valence-electron chi connectivity index (χ2n) is 9.50. The van der Waals surface area contributed by atoms with Crippen LogP contribution >= 0.6 is 0 Å². The Morgan fingerprint density at radius 2 is 1.82 bits per heavy atom. The number of carbonyl (C=O) groups is 1. The first-order valence-electron chi connectivity index (χ1n) is 12.7. The number of pyridine rings is 1. The van der Waals surface area contributed by atoms with E-state index in [9.17, 15) is 4.79 Å². The highest BCUT2D eigenvalue weighted by atomic mass is 16.2. The fraction of sp³-hybridized carbons (Fsp3) is 0.286. The molecule has 0 radical (unpaired) electrons. The molecule has 3 aromatic heterocycles. The van der Waals surface area contributed by atoms with Crippen molar-refractivity contribution in [1.82, 2.24) is 40.1 Å². The van der Waals surface area contributed by atoms with Gasteiger partial charge in [0.25, 0.3) is 0 Å². The fourth-order valence-corrected chi connectivity index (χ4v) is 4.42. The summed E-state index contributed by atoms with van der Waals surface area (Å²) in [6.07, 6.45) is 2.98. The summed E-state index contributed by atoms with van der Waals surface area (Å²) in [6, 6.07) is 18.3. The molecule has 2 aromatic carbocycles. The molecule has 0 spiro atoms. The molecule has 5 aromatic rings. The van der Waals surface area contributed by atoms with Crippen molar-refractivity contribution in [3.8, 4) is 22.5 Å². The van der Waals surface area contributed by atoms with Crippen molar-refractivity contribution < 1.29 is 4.79 Å². The van der Waals surface area contributed by atoms with Gasteiger partial charge in [-0.25, -0.2) is 19.9 Å². The highest BCUT2D eigenvalue weighted by molar-refractivity contribution is 5.91. The minimum absolute atomic E-state index is 0.193. The zero-order chi connectivity index (χ0) is 26.6. The lowest BCUT2D eigenvalue weighted by atomic mass is 9.98. The third kappa shape index (κ3) is 5.10. The van der Waals surface area contributed by atoms with Gasteiger partial charge >= 0.3 is 6.03 Å². The molecule has 194 valence electrons. The van der Waals surface area contributed by atoms with Crippen LogP contribution < -0.4 is 5.32 Å². The molecular formula is C28H31N9O. The summed E-state index contributed by atoms with van der Waals surface area (Å²) in [6.45, 7) is 4.74. The first kappa shape index (κ1) is 25.1. The maximum Gasteiger partial charge on any atom is 0.321 e. The van der Waals surface area contributed by atoms with Gasteiger partial charge in [0.2, 0.25) is 0 Å². The highest BCUT2D eigenvalue weighted by Gasteiger charge is 2.17. The van der Waals surface area contributed by atoms with E-state index < -0.39 is 0 Å². The molecule has 38 heavy (non-hydrogen) atoms. The van der Waals surface area contributed by atoms with Gasteiger partial charge in [-0.05, 0) is 46.5 Å². The lowest BCUT2D eigenvalue weighted by Gasteiger charge is -2.14. The van der Waals surface area contributed by atoms with E-state index in [1.165, 1.54) is 4.90 Å². The molecule has 0 aliphatic carbocycles. The summed E-state index contributed by atoms with van der Waals surface area (Å²) >= 11 is 0. The van der Waals surface area contributed by atoms with Crippen LogP contribution in [0.5, 0.6) is 0 Å². The standard InChI is InChI=1S/C28H31N9O/c1-5-6-11-25-30-24-16-23(31-28(38)36(3)4)18(2)29-27(24)37(25)17-19-12-14-20(15-13-19)21-9-7-8-10-22(21)26-32-34-35-33-26/h7-10,12-16H,5-6,11,17H2,1-4H3,(H,31,38)(H,32,33,34,35). The van der Waals surface area contributed by atoms with Crippen LogP contribution in [0.1, 0.15) is 36.8 Å². The van der Waals surface area contributed by atoms with E-state index >= 15 is 0 Å².